The SMILES string of the molecule is CCC1CC23CC(CC1C)C2C1CCC13. The third-order valence-electron chi connectivity index (χ3n) is 6.99. The quantitative estimate of drug-likeness (QED) is 0.603. The monoisotopic (exact) mass is 204 g/mol. The van der Waals surface area contributed by atoms with Crippen molar-refractivity contribution < 1.29 is 0 Å². The Bertz CT molecular complexity index is 292. The van der Waals surface area contributed by atoms with E-state index in [1.807, 2.05) is 0 Å². The lowest BCUT2D eigenvalue weighted by Crippen LogP contribution is -2.70. The molecule has 0 N–H and O–H groups in total. The van der Waals surface area contributed by atoms with Crippen molar-refractivity contribution in [1.82, 2.24) is 0 Å². The van der Waals surface area contributed by atoms with Gasteiger partial charge in [0.05, 0.1) is 0 Å². The Hall–Kier alpha value is 0. The van der Waals surface area contributed by atoms with Crippen molar-refractivity contribution >= 4 is 0 Å². The summed E-state index contributed by atoms with van der Waals surface area (Å²) in [5.74, 6) is 6.91. The molecule has 15 heavy (non-hydrogen) atoms. The summed E-state index contributed by atoms with van der Waals surface area (Å²) in [4.78, 5) is 0. The van der Waals surface area contributed by atoms with E-state index in [1.54, 1.807) is 32.1 Å². The van der Waals surface area contributed by atoms with Gasteiger partial charge in [0.15, 0.2) is 0 Å². The molecule has 0 aromatic carbocycles. The van der Waals surface area contributed by atoms with Crippen LogP contribution in [0.2, 0.25) is 0 Å². The molecule has 1 spiro atoms. The summed E-state index contributed by atoms with van der Waals surface area (Å²) in [5.41, 5.74) is 0.916. The van der Waals surface area contributed by atoms with Crippen molar-refractivity contribution in [2.75, 3.05) is 0 Å². The third-order valence-corrected chi connectivity index (χ3v) is 6.99. The van der Waals surface area contributed by atoms with E-state index in [9.17, 15) is 0 Å². The van der Waals surface area contributed by atoms with E-state index in [2.05, 4.69) is 13.8 Å². The fraction of sp³-hybridized carbons (Fsp3) is 1.00. The average Bonchev–Trinajstić information content (AvgIpc) is 2.37. The molecule has 5 aliphatic carbocycles. The minimum absolute atomic E-state index is 0.916. The van der Waals surface area contributed by atoms with Crippen LogP contribution in [-0.2, 0) is 0 Å². The predicted molar refractivity (Wildman–Crippen MR) is 62.4 cm³/mol. The lowest BCUT2D eigenvalue weighted by molar-refractivity contribution is -0.287. The lowest BCUT2D eigenvalue weighted by Gasteiger charge is -2.77. The average molecular weight is 204 g/mol. The van der Waals surface area contributed by atoms with Gasteiger partial charge in [-0.1, -0.05) is 20.3 Å². The number of rotatable bonds is 1. The van der Waals surface area contributed by atoms with Gasteiger partial charge in [0.1, 0.15) is 0 Å². The summed E-state index contributed by atoms with van der Waals surface area (Å²) in [6, 6.07) is 0. The number of fused-ring (bicyclic) bond motifs is 4. The van der Waals surface area contributed by atoms with E-state index < -0.39 is 0 Å². The first-order valence-corrected chi connectivity index (χ1v) is 7.26. The molecule has 0 radical (unpaired) electrons. The second-order valence-corrected chi connectivity index (χ2v) is 7.16. The molecule has 7 atom stereocenters. The molecule has 5 aliphatic rings. The van der Waals surface area contributed by atoms with Crippen molar-refractivity contribution in [3.05, 3.63) is 0 Å². The van der Waals surface area contributed by atoms with Crippen molar-refractivity contribution in [3.8, 4) is 0 Å². The topological polar surface area (TPSA) is 0 Å². The van der Waals surface area contributed by atoms with Gasteiger partial charge in [0.25, 0.3) is 0 Å². The summed E-state index contributed by atoms with van der Waals surface area (Å²) in [7, 11) is 0. The van der Waals surface area contributed by atoms with Gasteiger partial charge in [-0.2, -0.15) is 0 Å². The molecule has 5 fully saturated rings. The molecule has 84 valence electrons. The maximum Gasteiger partial charge on any atom is -0.0227 e. The summed E-state index contributed by atoms with van der Waals surface area (Å²) < 4.78 is 0. The van der Waals surface area contributed by atoms with E-state index in [1.165, 1.54) is 24.2 Å². The maximum absolute atomic E-state index is 2.53. The van der Waals surface area contributed by atoms with Gasteiger partial charge < -0.3 is 0 Å². The first kappa shape index (κ1) is 9.07. The van der Waals surface area contributed by atoms with Gasteiger partial charge >= 0.3 is 0 Å². The molecule has 0 amide bonds. The minimum atomic E-state index is 0.916. The Labute approximate surface area is 93.8 Å². The smallest absolute Gasteiger partial charge is 0.0227 e. The van der Waals surface area contributed by atoms with E-state index in [0.29, 0.717) is 0 Å². The minimum Gasteiger partial charge on any atom is -0.0651 e. The summed E-state index contributed by atoms with van der Waals surface area (Å²) in [6.45, 7) is 4.96. The van der Waals surface area contributed by atoms with Gasteiger partial charge in [0.2, 0.25) is 0 Å². The van der Waals surface area contributed by atoms with E-state index >= 15 is 0 Å². The first-order valence-electron chi connectivity index (χ1n) is 7.26. The zero-order valence-electron chi connectivity index (χ0n) is 10.2. The van der Waals surface area contributed by atoms with Crippen molar-refractivity contribution in [2.45, 2.75) is 52.4 Å². The number of hydrogen-bond acceptors (Lipinski definition) is 0. The van der Waals surface area contributed by atoms with E-state index in [0.717, 1.165) is 23.2 Å². The molecule has 0 heteroatoms. The molecular formula is C15H24. The molecular weight excluding hydrogens is 180 g/mol. The fourth-order valence-corrected chi connectivity index (χ4v) is 6.29. The van der Waals surface area contributed by atoms with Crippen molar-refractivity contribution in [3.63, 3.8) is 0 Å². The van der Waals surface area contributed by atoms with Crippen molar-refractivity contribution in [2.24, 2.45) is 40.9 Å². The largest absolute Gasteiger partial charge is 0.0651 e. The molecule has 0 nitrogen and oxygen atoms in total. The Kier molecular flexibility index (Phi) is 1.59. The van der Waals surface area contributed by atoms with Crippen LogP contribution in [0.4, 0.5) is 0 Å². The molecule has 0 aromatic rings. The summed E-state index contributed by atoms with van der Waals surface area (Å²) in [5, 5.41) is 0. The maximum atomic E-state index is 2.53. The van der Waals surface area contributed by atoms with E-state index in [4.69, 9.17) is 0 Å². The molecule has 0 aromatic heterocycles. The molecule has 0 heterocycles. The third kappa shape index (κ3) is 0.840. The van der Waals surface area contributed by atoms with Crippen LogP contribution >= 0.6 is 0 Å². The van der Waals surface area contributed by atoms with Gasteiger partial charge in [-0.3, -0.25) is 0 Å². The van der Waals surface area contributed by atoms with Crippen LogP contribution in [-0.4, -0.2) is 0 Å². The zero-order chi connectivity index (χ0) is 10.2. The fourth-order valence-electron chi connectivity index (χ4n) is 6.29. The highest BCUT2D eigenvalue weighted by molar-refractivity contribution is 5.22. The van der Waals surface area contributed by atoms with Crippen LogP contribution in [0.1, 0.15) is 52.4 Å². The molecule has 5 saturated carbocycles. The Morgan fingerprint density at radius 2 is 2.07 bits per heavy atom. The molecule has 2 bridgehead atoms. The first-order chi connectivity index (χ1) is 7.26. The van der Waals surface area contributed by atoms with Gasteiger partial charge in [-0.25, -0.2) is 0 Å². The second-order valence-electron chi connectivity index (χ2n) is 7.16. The Balaban J connectivity index is 1.65. The van der Waals surface area contributed by atoms with Crippen molar-refractivity contribution in [1.29, 1.82) is 0 Å². The standard InChI is InChI=1S/C15H24/c1-3-10-7-15-8-11(6-9(10)2)14(15)12-4-5-13(12)15/h9-14H,3-8H2,1-2H3. The normalized spacial score (nSPS) is 65.2. The van der Waals surface area contributed by atoms with Crippen LogP contribution in [0.25, 0.3) is 0 Å². The summed E-state index contributed by atoms with van der Waals surface area (Å²) in [6.07, 6.45) is 9.47. The van der Waals surface area contributed by atoms with Crippen LogP contribution in [0.15, 0.2) is 0 Å². The van der Waals surface area contributed by atoms with Crippen LogP contribution in [0.5, 0.6) is 0 Å². The van der Waals surface area contributed by atoms with E-state index in [-0.39, 0.29) is 0 Å². The van der Waals surface area contributed by atoms with Gasteiger partial charge in [0, 0.05) is 0 Å². The van der Waals surface area contributed by atoms with Gasteiger partial charge in [-0.15, -0.1) is 0 Å². The number of hydrogen-bond donors (Lipinski definition) is 0. The molecule has 5 rings (SSSR count). The molecule has 0 aliphatic heterocycles. The summed E-state index contributed by atoms with van der Waals surface area (Å²) >= 11 is 0. The van der Waals surface area contributed by atoms with Crippen LogP contribution < -0.4 is 0 Å². The molecule has 0 saturated heterocycles. The predicted octanol–water partition coefficient (Wildman–Crippen LogP) is 4.10. The van der Waals surface area contributed by atoms with Crippen LogP contribution in [0.3, 0.4) is 0 Å². The van der Waals surface area contributed by atoms with Gasteiger partial charge in [-0.05, 0) is 73.0 Å². The Morgan fingerprint density at radius 3 is 2.73 bits per heavy atom. The lowest BCUT2D eigenvalue weighted by atomic mass is 9.28. The Morgan fingerprint density at radius 1 is 1.20 bits per heavy atom. The molecule has 7 unspecified atom stereocenters. The zero-order valence-corrected chi connectivity index (χ0v) is 10.2. The second kappa shape index (κ2) is 2.63. The van der Waals surface area contributed by atoms with Crippen LogP contribution in [0, 0.1) is 40.9 Å². The highest BCUT2D eigenvalue weighted by atomic mass is 14.8. The highest BCUT2D eigenvalue weighted by Gasteiger charge is 2.73. The highest BCUT2D eigenvalue weighted by Crippen LogP contribution is 2.81.